The number of piperazine rings is 3. The van der Waals surface area contributed by atoms with Crippen LogP contribution in [0.5, 0.6) is 17.2 Å². The third-order valence-corrected chi connectivity index (χ3v) is 26.7. The van der Waals surface area contributed by atoms with Crippen LogP contribution in [0.1, 0.15) is 114 Å². The van der Waals surface area contributed by atoms with Crippen molar-refractivity contribution < 1.29 is 110 Å². The average molecular weight is 2000 g/mol. The van der Waals surface area contributed by atoms with Crippen molar-refractivity contribution in [2.75, 3.05) is 75.5 Å². The van der Waals surface area contributed by atoms with E-state index in [0.29, 0.717) is 32.4 Å². The lowest BCUT2D eigenvalue weighted by Gasteiger charge is -2.50. The zero-order valence-electron chi connectivity index (χ0n) is 78.9. The van der Waals surface area contributed by atoms with E-state index in [9.17, 15) is 84.8 Å². The fourth-order valence-electron chi connectivity index (χ4n) is 20.3. The fourth-order valence-corrected chi connectivity index (χ4v) is 20.3. The van der Waals surface area contributed by atoms with E-state index in [1.54, 1.807) is 82.2 Å². The Morgan fingerprint density at radius 3 is 0.986 bits per heavy atom. The predicted octanol–water partition coefficient (Wildman–Crippen LogP) is 17.3. The van der Waals surface area contributed by atoms with Crippen LogP contribution in [0.15, 0.2) is 162 Å². The molecule has 6 amide bonds. The maximum atomic E-state index is 17.2. The molecule has 6 aliphatic rings. The Labute approximate surface area is 809 Å². The molecule has 3 fully saturated rings. The first-order valence-corrected chi connectivity index (χ1v) is 45.2. The van der Waals surface area contributed by atoms with Crippen LogP contribution in [0.25, 0.3) is 83.2 Å². The third-order valence-electron chi connectivity index (χ3n) is 26.7. The number of nitrogens with zero attached hydrogens (tertiary/aromatic N) is 15. The Bertz CT molecular complexity index is 7660. The summed E-state index contributed by atoms with van der Waals surface area (Å²) in [6.45, 7) is 23.7. The van der Waals surface area contributed by atoms with Gasteiger partial charge in [-0.25, -0.2) is 53.7 Å². The summed E-state index contributed by atoms with van der Waals surface area (Å²) in [4.78, 5) is 144. The third kappa shape index (κ3) is 16.1. The van der Waals surface area contributed by atoms with Crippen molar-refractivity contribution in [3.05, 3.63) is 265 Å². The molecule has 27 nitrogen and oxygen atoms in total. The number of pyridine rings is 6. The van der Waals surface area contributed by atoms with Crippen LogP contribution in [0.3, 0.4) is 0 Å². The maximum Gasteiger partial charge on any atom is 0.491 e. The highest BCUT2D eigenvalue weighted by Gasteiger charge is 2.57. The van der Waals surface area contributed by atoms with Gasteiger partial charge in [0.2, 0.25) is 17.7 Å². The Morgan fingerprint density at radius 1 is 0.403 bits per heavy atom. The number of halogens is 15. The summed E-state index contributed by atoms with van der Waals surface area (Å²) in [5, 5.41) is 30.5. The molecule has 12 aromatic rings. The molecule has 6 aliphatic heterocycles. The van der Waals surface area contributed by atoms with Crippen molar-refractivity contribution in [2.24, 2.45) is 0 Å². The lowest BCUT2D eigenvalue weighted by molar-refractivity contribution is -0.153. The molecular formula is C102H90F15N15O12. The van der Waals surface area contributed by atoms with Gasteiger partial charge in [0.1, 0.15) is 87.3 Å². The Morgan fingerprint density at radius 2 is 0.694 bits per heavy atom. The predicted molar refractivity (Wildman–Crippen MR) is 507 cm³/mol. The molecule has 3 saturated heterocycles. The van der Waals surface area contributed by atoms with Gasteiger partial charge in [0, 0.05) is 72.5 Å². The number of aromatic hydroxyl groups is 3. The van der Waals surface area contributed by atoms with E-state index in [1.165, 1.54) is 63.3 Å². The van der Waals surface area contributed by atoms with E-state index in [4.69, 9.17) is 0 Å². The normalized spacial score (nSPS) is 17.8. The number of hydrogen-bond donors (Lipinski definition) is 3. The molecular weight excluding hydrogens is 1910 g/mol. The number of alkyl halides is 6. The molecule has 6 unspecified atom stereocenters. The summed E-state index contributed by atoms with van der Waals surface area (Å²) in [6, 6.07) is 9.69. The number of carbonyl (C=O) groups excluding carboxylic acids is 6. The molecule has 6 aromatic heterocycles. The molecule has 0 spiro atoms. The molecule has 750 valence electrons. The molecule has 0 aliphatic carbocycles. The maximum absolute atomic E-state index is 17.2. The molecule has 18 rings (SSSR count). The van der Waals surface area contributed by atoms with E-state index >= 15 is 39.5 Å². The molecule has 0 bridgehead atoms. The first-order valence-electron chi connectivity index (χ1n) is 45.2. The van der Waals surface area contributed by atoms with Crippen LogP contribution in [0.2, 0.25) is 0 Å². The highest BCUT2D eigenvalue weighted by atomic mass is 19.4. The molecule has 12 heterocycles. The van der Waals surface area contributed by atoms with Crippen molar-refractivity contribution in [3.63, 3.8) is 0 Å². The van der Waals surface area contributed by atoms with Gasteiger partial charge in [-0.05, 0) is 167 Å². The van der Waals surface area contributed by atoms with Crippen LogP contribution in [0.4, 0.5) is 100.0 Å². The van der Waals surface area contributed by atoms with Crippen molar-refractivity contribution in [2.45, 2.75) is 150 Å². The van der Waals surface area contributed by atoms with E-state index in [0.717, 1.165) is 97.8 Å². The van der Waals surface area contributed by atoms with Crippen LogP contribution in [0, 0.1) is 73.1 Å². The van der Waals surface area contributed by atoms with Crippen molar-refractivity contribution in [1.29, 1.82) is 0 Å². The zero-order valence-corrected chi connectivity index (χ0v) is 78.9. The molecule has 3 N–H and O–H groups in total. The molecule has 0 radical (unpaired) electrons. The Hall–Kier alpha value is -15.8. The van der Waals surface area contributed by atoms with E-state index < -0.39 is 279 Å². The number of aromatic nitrogens is 6. The number of hydrogen-bond acceptors (Lipinski definition) is 18. The average Bonchev–Trinajstić information content (AvgIpc) is 0.701. The minimum Gasteiger partial charge on any atom is -0.507 e. The van der Waals surface area contributed by atoms with Crippen LogP contribution >= 0.6 is 0 Å². The van der Waals surface area contributed by atoms with E-state index in [1.807, 2.05) is 0 Å². The largest absolute Gasteiger partial charge is 0.507 e. The van der Waals surface area contributed by atoms with E-state index in [-0.39, 0.29) is 99.7 Å². The number of phenolic OH excluding ortho intramolecular Hbond substituents is 3. The highest BCUT2D eigenvalue weighted by molar-refractivity contribution is 6.17. The summed E-state index contributed by atoms with van der Waals surface area (Å²) in [5.74, 6) is -20.9. The van der Waals surface area contributed by atoms with Gasteiger partial charge in [-0.15, -0.1) is 13.2 Å². The second-order valence-electron chi connectivity index (χ2n) is 36.4. The standard InChI is InChI=1S/C34H29F6N5O4.C34H30F5N5O4.C34H31F4N5O4/c1-6-23(47)42-14-21-32(48)45(34(38,39)40)31-30(43(21)13-17(42)5)18-12-20(36)25(24-19(35)8-7-9-22(24)46)26(37)29(18)44(33(31)49)28-16(4)10-11-41-27(28)15(2)3;1-6-23(46)41-14-21-32(47)44(34(38)39)31-30(42(21)13-17(41)5)18-12-20(36)25(24-19(35)8-7-9-22(24)45)26(37)29(18)43(33(31)48)28-16(4)10-11-40-27(28)15(2)3;1-6-24(45)40-14-22-33(46)42(15-35)32-31(41(22)13-18(40)5)19-12-21(37)26(25-20(36)8-7-9-23(25)44)27(38)30(19)43(34(32)47)29-17(4)10-11-39-28(29)16(2)3/h6-12,15,17,21,46H,1,13-14H2,2-5H3;6-12,15,17,21,34,45H,1,13-14H2,2-5H3;6-12,16,18,22,44H,1,13-15H2,2-5H3. The smallest absolute Gasteiger partial charge is 0.491 e. The summed E-state index contributed by atoms with van der Waals surface area (Å²) in [6.07, 6.45) is 1.88. The number of fused-ring (bicyclic) bond motifs is 15. The van der Waals surface area contributed by atoms with Gasteiger partial charge in [-0.2, -0.15) is 8.78 Å². The number of benzene rings is 6. The molecule has 6 atom stereocenters. The number of phenols is 3. The van der Waals surface area contributed by atoms with Crippen molar-refractivity contribution in [1.82, 2.24) is 43.4 Å². The molecule has 144 heavy (non-hydrogen) atoms. The number of anilines is 6. The molecule has 0 saturated carbocycles. The van der Waals surface area contributed by atoms with E-state index in [2.05, 4.69) is 34.7 Å². The first kappa shape index (κ1) is 101. The first-order chi connectivity index (χ1) is 68.0. The summed E-state index contributed by atoms with van der Waals surface area (Å²) in [5.41, 5.74) is -12.7. The van der Waals surface area contributed by atoms with Gasteiger partial charge >= 0.3 is 12.8 Å². The van der Waals surface area contributed by atoms with Crippen molar-refractivity contribution in [3.8, 4) is 67.7 Å². The summed E-state index contributed by atoms with van der Waals surface area (Å²) in [7, 11) is 0. The monoisotopic (exact) mass is 2000 g/mol. The number of rotatable bonds is 14. The zero-order chi connectivity index (χ0) is 105. The van der Waals surface area contributed by atoms with Gasteiger partial charge < -0.3 is 44.7 Å². The van der Waals surface area contributed by atoms with Crippen LogP contribution in [-0.4, -0.2) is 189 Å². The highest BCUT2D eigenvalue weighted by Crippen LogP contribution is 2.54. The minimum atomic E-state index is -5.50. The van der Waals surface area contributed by atoms with Gasteiger partial charge in [0.05, 0.1) is 121 Å². The van der Waals surface area contributed by atoms with Gasteiger partial charge in [-0.1, -0.05) is 79.5 Å². The lowest BCUT2D eigenvalue weighted by atomic mass is 9.94. The van der Waals surface area contributed by atoms with Crippen molar-refractivity contribution >= 4 is 102 Å². The summed E-state index contributed by atoms with van der Waals surface area (Å²) >= 11 is 0. The van der Waals surface area contributed by atoms with Gasteiger partial charge in [0.15, 0.2) is 24.3 Å². The number of aryl methyl sites for hydroxylation is 3. The number of amides is 6. The van der Waals surface area contributed by atoms with Crippen LogP contribution in [-0.2, 0) is 28.8 Å². The second-order valence-corrected chi connectivity index (χ2v) is 36.4. The van der Waals surface area contributed by atoms with Gasteiger partial charge in [-0.3, -0.25) is 76.7 Å². The second kappa shape index (κ2) is 37.9. The van der Waals surface area contributed by atoms with Gasteiger partial charge in [0.25, 0.3) is 34.4 Å². The fraction of sp³-hybridized carbons (Fsp3) is 0.294. The number of carbonyl (C=O) groups is 6. The lowest BCUT2D eigenvalue weighted by Crippen LogP contribution is -2.68. The Balaban J connectivity index is 0.000000155. The van der Waals surface area contributed by atoms with Crippen LogP contribution < -0.4 is 46.1 Å². The molecule has 42 heteroatoms. The summed E-state index contributed by atoms with van der Waals surface area (Å²) < 4.78 is 238. The quantitative estimate of drug-likeness (QED) is 0.0518. The Kier molecular flexibility index (Phi) is 26.6. The topological polar surface area (TPSA) is 297 Å². The minimum absolute atomic E-state index is 0.00179. The SMILES string of the molecule is C=CC(=O)N1CC2C(=O)N(C(F)(F)F)c3c(c4cc(F)c(-c5c(O)cccc5F)c(F)c4n(-c4c(C)ccnc4C(C)C)c3=O)N2CC1C.C=CC(=O)N1CC2C(=O)N(C(F)F)c3c(c4cc(F)c(-c5c(O)cccc5F)c(F)c4n(-c4c(C)ccnc4C(C)C)c3=O)N2CC1C.C=CC(=O)N1CC2C(=O)N(CF)c3c(c4cc(F)c(-c5c(O)cccc5F)c(F)c4n(-c4c(C)ccnc4C(C)C)c3=O)N2CC1C. The molecule has 6 aromatic carbocycles.